The molecular weight excluding hydrogens is 506 g/mol. The molecule has 0 amide bonds. The minimum atomic E-state index is -0.570. The second-order valence-electron chi connectivity index (χ2n) is 9.85. The Bertz CT molecular complexity index is 1370. The van der Waals surface area contributed by atoms with E-state index in [4.69, 9.17) is 24.7 Å². The molecule has 1 aliphatic heterocycles. The van der Waals surface area contributed by atoms with Crippen LogP contribution in [-0.4, -0.2) is 34.5 Å². The summed E-state index contributed by atoms with van der Waals surface area (Å²) in [5.74, 6) is 0.172. The second kappa shape index (κ2) is 14.0. The molecule has 4 aromatic rings. The van der Waals surface area contributed by atoms with Crippen molar-refractivity contribution in [3.05, 3.63) is 130 Å². The van der Waals surface area contributed by atoms with E-state index >= 15 is 0 Å². The van der Waals surface area contributed by atoms with Crippen LogP contribution >= 0.6 is 0 Å². The Hall–Kier alpha value is -3.82. The summed E-state index contributed by atoms with van der Waals surface area (Å²) >= 11 is 0. The van der Waals surface area contributed by atoms with Gasteiger partial charge in [0.25, 0.3) is 0 Å². The summed E-state index contributed by atoms with van der Waals surface area (Å²) in [6.07, 6.45) is 0.958. The van der Waals surface area contributed by atoms with E-state index in [2.05, 4.69) is 4.98 Å². The molecule has 3 aromatic carbocycles. The van der Waals surface area contributed by atoms with Crippen LogP contribution in [0.2, 0.25) is 0 Å². The lowest BCUT2D eigenvalue weighted by atomic mass is 10.0. The van der Waals surface area contributed by atoms with Gasteiger partial charge in [0.15, 0.2) is 0 Å². The van der Waals surface area contributed by atoms with E-state index in [1.165, 1.54) is 4.57 Å². The summed E-state index contributed by atoms with van der Waals surface area (Å²) in [7, 11) is 0. The molecule has 0 aliphatic carbocycles. The Balaban J connectivity index is 1.40. The summed E-state index contributed by atoms with van der Waals surface area (Å²) in [5.41, 5.74) is 8.47. The molecule has 8 nitrogen and oxygen atoms in total. The number of ether oxygens (including phenoxy) is 4. The number of nitrogen functional groups attached to an aromatic ring is 1. The average Bonchev–Trinajstić information content (AvgIpc) is 3.15. The summed E-state index contributed by atoms with van der Waals surface area (Å²) in [4.78, 5) is 16.6. The molecule has 0 saturated carbocycles. The topological polar surface area (TPSA) is 97.8 Å². The molecule has 0 spiro atoms. The highest BCUT2D eigenvalue weighted by molar-refractivity contribution is 5.23. The highest BCUT2D eigenvalue weighted by Crippen LogP contribution is 2.31. The van der Waals surface area contributed by atoms with E-state index in [-0.39, 0.29) is 18.5 Å². The molecule has 4 atom stereocenters. The molecule has 2 heterocycles. The van der Waals surface area contributed by atoms with Crippen molar-refractivity contribution in [1.29, 1.82) is 0 Å². The zero-order chi connectivity index (χ0) is 27.6. The van der Waals surface area contributed by atoms with Crippen LogP contribution in [0.15, 0.2) is 108 Å². The Morgan fingerprint density at radius 2 is 1.35 bits per heavy atom. The second-order valence-corrected chi connectivity index (χ2v) is 9.85. The fraction of sp³-hybridized carbons (Fsp3) is 0.312. The van der Waals surface area contributed by atoms with Gasteiger partial charge in [-0.1, -0.05) is 91.0 Å². The summed E-state index contributed by atoms with van der Waals surface area (Å²) in [6.45, 7) is 1.51. The van der Waals surface area contributed by atoms with E-state index in [1.54, 1.807) is 12.3 Å². The number of hydrogen-bond acceptors (Lipinski definition) is 7. The van der Waals surface area contributed by atoms with Gasteiger partial charge in [-0.2, -0.15) is 4.98 Å². The highest BCUT2D eigenvalue weighted by Gasteiger charge is 2.38. The van der Waals surface area contributed by atoms with Crippen LogP contribution in [0, 0.1) is 0 Å². The number of nitrogens with zero attached hydrogens (tertiary/aromatic N) is 2. The van der Waals surface area contributed by atoms with Crippen LogP contribution in [-0.2, 0) is 38.8 Å². The van der Waals surface area contributed by atoms with Crippen LogP contribution < -0.4 is 11.4 Å². The Labute approximate surface area is 234 Å². The van der Waals surface area contributed by atoms with Gasteiger partial charge >= 0.3 is 5.69 Å². The first-order chi connectivity index (χ1) is 19.7. The van der Waals surface area contributed by atoms with Gasteiger partial charge in [0, 0.05) is 6.20 Å². The summed E-state index contributed by atoms with van der Waals surface area (Å²) in [6, 6.07) is 31.6. The van der Waals surface area contributed by atoms with E-state index in [1.807, 2.05) is 91.0 Å². The summed E-state index contributed by atoms with van der Waals surface area (Å²) in [5, 5.41) is 0. The minimum Gasteiger partial charge on any atom is -0.383 e. The highest BCUT2D eigenvalue weighted by atomic mass is 16.6. The average molecular weight is 542 g/mol. The molecular formula is C32H35N3O5. The quantitative estimate of drug-likeness (QED) is 0.289. The standard InChI is InChI=1S/C32H35N3O5/c33-29-18-19-35(32(36)34-29)30-17-16-27(38-21-25-12-6-2-7-13-25)31(39-22-26-14-8-3-9-15-26)28(40-30)23-37-20-24-10-4-1-5-11-24/h1-15,18-19,27-28,30-31H,16-17,20-23H2,(H2,33,34,36)/t27-,28+,30?,31-/m0/s1. The van der Waals surface area contributed by atoms with Crippen molar-refractivity contribution in [3.8, 4) is 0 Å². The summed E-state index contributed by atoms with van der Waals surface area (Å²) < 4.78 is 27.3. The molecule has 0 bridgehead atoms. The number of nitrogens with two attached hydrogens (primary N) is 1. The molecule has 2 N–H and O–H groups in total. The van der Waals surface area contributed by atoms with Gasteiger partial charge in [-0.05, 0) is 35.6 Å². The van der Waals surface area contributed by atoms with Gasteiger partial charge in [0.1, 0.15) is 24.3 Å². The van der Waals surface area contributed by atoms with Gasteiger partial charge in [-0.3, -0.25) is 4.57 Å². The smallest absolute Gasteiger partial charge is 0.351 e. The van der Waals surface area contributed by atoms with Crippen molar-refractivity contribution in [2.24, 2.45) is 0 Å². The van der Waals surface area contributed by atoms with Crippen molar-refractivity contribution in [1.82, 2.24) is 9.55 Å². The van der Waals surface area contributed by atoms with Gasteiger partial charge in [-0.25, -0.2) is 4.79 Å². The van der Waals surface area contributed by atoms with Crippen LogP contribution in [0.5, 0.6) is 0 Å². The molecule has 5 rings (SSSR count). The van der Waals surface area contributed by atoms with Crippen molar-refractivity contribution in [2.45, 2.75) is 57.2 Å². The Morgan fingerprint density at radius 3 is 1.95 bits per heavy atom. The SMILES string of the molecule is Nc1ccn(C2CC[C@H](OCc3ccccc3)[C@H](OCc3ccccc3)[C@@H](COCc3ccccc3)O2)c(=O)n1. The Kier molecular flexibility index (Phi) is 9.71. The number of aromatic nitrogens is 2. The first-order valence-corrected chi connectivity index (χ1v) is 13.6. The number of rotatable bonds is 11. The molecule has 1 unspecified atom stereocenters. The third-order valence-corrected chi connectivity index (χ3v) is 6.91. The minimum absolute atomic E-state index is 0.172. The van der Waals surface area contributed by atoms with E-state index in [0.29, 0.717) is 32.7 Å². The molecule has 1 aromatic heterocycles. The third-order valence-electron chi connectivity index (χ3n) is 6.91. The maximum Gasteiger partial charge on any atom is 0.351 e. The molecule has 208 valence electrons. The Morgan fingerprint density at radius 1 is 0.775 bits per heavy atom. The van der Waals surface area contributed by atoms with Crippen LogP contribution in [0.1, 0.15) is 35.8 Å². The van der Waals surface area contributed by atoms with Gasteiger partial charge in [-0.15, -0.1) is 0 Å². The predicted molar refractivity (Wildman–Crippen MR) is 152 cm³/mol. The van der Waals surface area contributed by atoms with Crippen LogP contribution in [0.3, 0.4) is 0 Å². The molecule has 1 fully saturated rings. The van der Waals surface area contributed by atoms with Crippen LogP contribution in [0.25, 0.3) is 0 Å². The van der Waals surface area contributed by atoms with Crippen molar-refractivity contribution >= 4 is 5.82 Å². The molecule has 40 heavy (non-hydrogen) atoms. The van der Waals surface area contributed by atoms with Gasteiger partial charge in [0.05, 0.1) is 32.5 Å². The largest absolute Gasteiger partial charge is 0.383 e. The first kappa shape index (κ1) is 27.7. The van der Waals surface area contributed by atoms with Gasteiger partial charge in [0.2, 0.25) is 0 Å². The van der Waals surface area contributed by atoms with E-state index in [9.17, 15) is 4.79 Å². The van der Waals surface area contributed by atoms with Gasteiger partial charge < -0.3 is 24.7 Å². The lowest BCUT2D eigenvalue weighted by Crippen LogP contribution is -2.44. The van der Waals surface area contributed by atoms with E-state index < -0.39 is 24.1 Å². The molecule has 0 radical (unpaired) electrons. The fourth-order valence-electron chi connectivity index (χ4n) is 4.85. The normalized spacial score (nSPS) is 21.1. The van der Waals surface area contributed by atoms with Crippen LogP contribution in [0.4, 0.5) is 5.82 Å². The molecule has 8 heteroatoms. The first-order valence-electron chi connectivity index (χ1n) is 13.6. The third kappa shape index (κ3) is 7.64. The zero-order valence-corrected chi connectivity index (χ0v) is 22.4. The van der Waals surface area contributed by atoms with Crippen molar-refractivity contribution in [2.75, 3.05) is 12.3 Å². The maximum absolute atomic E-state index is 12.7. The lowest BCUT2D eigenvalue weighted by Gasteiger charge is -2.32. The predicted octanol–water partition coefficient (Wildman–Crippen LogP) is 4.89. The maximum atomic E-state index is 12.7. The fourth-order valence-corrected chi connectivity index (χ4v) is 4.85. The van der Waals surface area contributed by atoms with Crippen molar-refractivity contribution in [3.63, 3.8) is 0 Å². The molecule has 1 saturated heterocycles. The number of hydrogen-bond donors (Lipinski definition) is 1. The zero-order valence-electron chi connectivity index (χ0n) is 22.4. The van der Waals surface area contributed by atoms with E-state index in [0.717, 1.165) is 16.7 Å². The lowest BCUT2D eigenvalue weighted by molar-refractivity contribution is -0.172. The van der Waals surface area contributed by atoms with Crippen molar-refractivity contribution < 1.29 is 18.9 Å². The molecule has 1 aliphatic rings. The monoisotopic (exact) mass is 541 g/mol. The number of anilines is 1. The number of benzene rings is 3.